The zero-order valence-electron chi connectivity index (χ0n) is 11.9. The predicted molar refractivity (Wildman–Crippen MR) is 75.5 cm³/mol. The molecule has 0 aromatic rings. The van der Waals surface area contributed by atoms with Gasteiger partial charge in [0.1, 0.15) is 0 Å². The van der Waals surface area contributed by atoms with Gasteiger partial charge in [-0.1, -0.05) is 19.8 Å². The Morgan fingerprint density at radius 2 is 2.11 bits per heavy atom. The molecule has 1 saturated carbocycles. The first kappa shape index (κ1) is 14.3. The Morgan fingerprint density at radius 3 is 2.78 bits per heavy atom. The van der Waals surface area contributed by atoms with Crippen LogP contribution in [0.2, 0.25) is 0 Å². The van der Waals surface area contributed by atoms with Crippen LogP contribution < -0.4 is 5.73 Å². The van der Waals surface area contributed by atoms with Crippen LogP contribution in [0, 0.1) is 5.92 Å². The highest BCUT2D eigenvalue weighted by molar-refractivity contribution is 4.97. The SMILES string of the molecule is CCCC1CCCN(C2CCC(N)(CO)C2)CC1. The third-order valence-corrected chi connectivity index (χ3v) is 5.03. The van der Waals surface area contributed by atoms with Crippen molar-refractivity contribution in [2.75, 3.05) is 19.7 Å². The summed E-state index contributed by atoms with van der Waals surface area (Å²) in [7, 11) is 0. The molecule has 1 aliphatic heterocycles. The van der Waals surface area contributed by atoms with Crippen molar-refractivity contribution in [3.05, 3.63) is 0 Å². The summed E-state index contributed by atoms with van der Waals surface area (Å²) in [5.41, 5.74) is 5.90. The highest BCUT2D eigenvalue weighted by Crippen LogP contribution is 2.33. The Hall–Kier alpha value is -0.120. The van der Waals surface area contributed by atoms with Crippen molar-refractivity contribution in [1.29, 1.82) is 0 Å². The highest BCUT2D eigenvalue weighted by Gasteiger charge is 2.38. The molecule has 3 heteroatoms. The lowest BCUT2D eigenvalue weighted by Gasteiger charge is -2.29. The molecule has 2 fully saturated rings. The summed E-state index contributed by atoms with van der Waals surface area (Å²) in [4.78, 5) is 2.65. The Bertz CT molecular complexity index is 259. The van der Waals surface area contributed by atoms with E-state index in [0.717, 1.165) is 18.8 Å². The van der Waals surface area contributed by atoms with E-state index >= 15 is 0 Å². The van der Waals surface area contributed by atoms with Crippen LogP contribution in [0.5, 0.6) is 0 Å². The molecule has 1 saturated heterocycles. The molecule has 0 aromatic carbocycles. The van der Waals surface area contributed by atoms with Crippen molar-refractivity contribution in [1.82, 2.24) is 4.90 Å². The van der Waals surface area contributed by atoms with Crippen LogP contribution in [-0.4, -0.2) is 41.3 Å². The van der Waals surface area contributed by atoms with E-state index in [9.17, 15) is 5.11 Å². The third-order valence-electron chi connectivity index (χ3n) is 5.03. The van der Waals surface area contributed by atoms with E-state index in [2.05, 4.69) is 11.8 Å². The fourth-order valence-corrected chi connectivity index (χ4v) is 3.83. The minimum Gasteiger partial charge on any atom is -0.394 e. The van der Waals surface area contributed by atoms with Gasteiger partial charge in [-0.05, 0) is 57.5 Å². The van der Waals surface area contributed by atoms with E-state index in [1.807, 2.05) is 0 Å². The van der Waals surface area contributed by atoms with Gasteiger partial charge in [0, 0.05) is 11.6 Å². The lowest BCUT2D eigenvalue weighted by Crippen LogP contribution is -2.43. The van der Waals surface area contributed by atoms with Gasteiger partial charge in [0.25, 0.3) is 0 Å². The number of hydrogen-bond acceptors (Lipinski definition) is 3. The average Bonchev–Trinajstić information content (AvgIpc) is 2.61. The fourth-order valence-electron chi connectivity index (χ4n) is 3.83. The molecule has 2 rings (SSSR count). The van der Waals surface area contributed by atoms with Crippen LogP contribution >= 0.6 is 0 Å². The highest BCUT2D eigenvalue weighted by atomic mass is 16.3. The molecule has 2 aliphatic rings. The first-order valence-electron chi connectivity index (χ1n) is 7.80. The quantitative estimate of drug-likeness (QED) is 0.808. The van der Waals surface area contributed by atoms with Crippen molar-refractivity contribution < 1.29 is 5.11 Å². The van der Waals surface area contributed by atoms with Gasteiger partial charge in [0.15, 0.2) is 0 Å². The first-order valence-corrected chi connectivity index (χ1v) is 7.80. The van der Waals surface area contributed by atoms with Gasteiger partial charge in [0.2, 0.25) is 0 Å². The predicted octanol–water partition coefficient (Wildman–Crippen LogP) is 2.13. The second kappa shape index (κ2) is 6.36. The summed E-state index contributed by atoms with van der Waals surface area (Å²) in [5.74, 6) is 0.946. The molecular weight excluding hydrogens is 224 g/mol. The minimum absolute atomic E-state index is 0.149. The number of rotatable bonds is 4. The van der Waals surface area contributed by atoms with Crippen molar-refractivity contribution in [3.8, 4) is 0 Å². The molecule has 3 unspecified atom stereocenters. The second-order valence-corrected chi connectivity index (χ2v) is 6.54. The van der Waals surface area contributed by atoms with E-state index in [1.54, 1.807) is 0 Å². The van der Waals surface area contributed by atoms with Gasteiger partial charge >= 0.3 is 0 Å². The van der Waals surface area contributed by atoms with Gasteiger partial charge in [-0.2, -0.15) is 0 Å². The summed E-state index contributed by atoms with van der Waals surface area (Å²) in [5, 5.41) is 9.37. The summed E-state index contributed by atoms with van der Waals surface area (Å²) < 4.78 is 0. The molecule has 0 radical (unpaired) electrons. The third kappa shape index (κ3) is 3.46. The van der Waals surface area contributed by atoms with Gasteiger partial charge in [-0.3, -0.25) is 0 Å². The van der Waals surface area contributed by atoms with Gasteiger partial charge in [-0.25, -0.2) is 0 Å². The molecule has 0 bridgehead atoms. The van der Waals surface area contributed by atoms with Crippen molar-refractivity contribution in [2.45, 2.75) is 69.9 Å². The first-order chi connectivity index (χ1) is 8.67. The Balaban J connectivity index is 1.83. The Labute approximate surface area is 112 Å². The number of likely N-dealkylation sites (tertiary alicyclic amines) is 1. The molecule has 0 spiro atoms. The fraction of sp³-hybridized carbons (Fsp3) is 1.00. The normalized spacial score (nSPS) is 38.8. The summed E-state index contributed by atoms with van der Waals surface area (Å²) in [6.45, 7) is 4.93. The maximum Gasteiger partial charge on any atom is 0.0611 e. The second-order valence-electron chi connectivity index (χ2n) is 6.54. The molecule has 1 aliphatic carbocycles. The number of nitrogens with two attached hydrogens (primary N) is 1. The molecular formula is C15H30N2O. The monoisotopic (exact) mass is 254 g/mol. The maximum atomic E-state index is 9.37. The smallest absolute Gasteiger partial charge is 0.0611 e. The van der Waals surface area contributed by atoms with Gasteiger partial charge < -0.3 is 15.7 Å². The standard InChI is InChI=1S/C15H30N2O/c1-2-4-13-5-3-9-17(10-7-13)14-6-8-15(16,11-14)12-18/h13-14,18H,2-12,16H2,1H3. The lowest BCUT2D eigenvalue weighted by atomic mass is 9.96. The van der Waals surface area contributed by atoms with Crippen LogP contribution in [0.1, 0.15) is 58.3 Å². The summed E-state index contributed by atoms with van der Waals surface area (Å²) >= 11 is 0. The van der Waals surface area contributed by atoms with E-state index in [1.165, 1.54) is 51.6 Å². The molecule has 3 N–H and O–H groups in total. The molecule has 3 nitrogen and oxygen atoms in total. The van der Waals surface area contributed by atoms with Crippen molar-refractivity contribution in [2.24, 2.45) is 11.7 Å². The number of aliphatic hydroxyl groups excluding tert-OH is 1. The number of nitrogens with zero attached hydrogens (tertiary/aromatic N) is 1. The van der Waals surface area contributed by atoms with Gasteiger partial charge in [-0.15, -0.1) is 0 Å². The molecule has 3 atom stereocenters. The van der Waals surface area contributed by atoms with Crippen LogP contribution in [-0.2, 0) is 0 Å². The topological polar surface area (TPSA) is 49.5 Å². The molecule has 18 heavy (non-hydrogen) atoms. The molecule has 0 aromatic heterocycles. The van der Waals surface area contributed by atoms with E-state index in [4.69, 9.17) is 5.73 Å². The number of aliphatic hydroxyl groups is 1. The summed E-state index contributed by atoms with van der Waals surface area (Å²) in [6, 6.07) is 0.627. The Kier molecular flexibility index (Phi) is 5.05. The molecule has 106 valence electrons. The van der Waals surface area contributed by atoms with Gasteiger partial charge in [0.05, 0.1) is 6.61 Å². The number of hydrogen-bond donors (Lipinski definition) is 2. The van der Waals surface area contributed by atoms with E-state index in [0.29, 0.717) is 6.04 Å². The summed E-state index contributed by atoms with van der Waals surface area (Å²) in [6.07, 6.45) is 9.99. The largest absolute Gasteiger partial charge is 0.394 e. The van der Waals surface area contributed by atoms with Crippen LogP contribution in [0.4, 0.5) is 0 Å². The van der Waals surface area contributed by atoms with Crippen LogP contribution in [0.3, 0.4) is 0 Å². The molecule has 1 heterocycles. The molecule has 0 amide bonds. The Morgan fingerprint density at radius 1 is 1.28 bits per heavy atom. The van der Waals surface area contributed by atoms with Crippen LogP contribution in [0.25, 0.3) is 0 Å². The van der Waals surface area contributed by atoms with Crippen molar-refractivity contribution in [3.63, 3.8) is 0 Å². The van der Waals surface area contributed by atoms with E-state index in [-0.39, 0.29) is 12.1 Å². The zero-order chi connectivity index (χ0) is 13.0. The zero-order valence-corrected chi connectivity index (χ0v) is 11.9. The van der Waals surface area contributed by atoms with Crippen LogP contribution in [0.15, 0.2) is 0 Å². The lowest BCUT2D eigenvalue weighted by molar-refractivity contribution is 0.167. The van der Waals surface area contributed by atoms with Crippen molar-refractivity contribution >= 4 is 0 Å². The maximum absolute atomic E-state index is 9.37. The minimum atomic E-state index is -0.292. The van der Waals surface area contributed by atoms with E-state index < -0.39 is 0 Å². The average molecular weight is 254 g/mol.